The molecule has 1 aromatic rings. The third kappa shape index (κ3) is 3.85. The molecule has 1 rings (SSSR count). The summed E-state index contributed by atoms with van der Waals surface area (Å²) in [6, 6.07) is 2.14. The van der Waals surface area contributed by atoms with Crippen molar-refractivity contribution in [2.24, 2.45) is 0 Å². The Morgan fingerprint density at radius 2 is 2.47 bits per heavy atom. The molecule has 0 fully saturated rings. The summed E-state index contributed by atoms with van der Waals surface area (Å²) in [4.78, 5) is 0. The van der Waals surface area contributed by atoms with E-state index in [4.69, 9.17) is 5.26 Å². The molecule has 15 heavy (non-hydrogen) atoms. The first-order valence-corrected chi connectivity index (χ1v) is 5.69. The zero-order valence-corrected chi connectivity index (χ0v) is 9.66. The number of nitriles is 1. The van der Waals surface area contributed by atoms with Crippen LogP contribution in [0, 0.1) is 11.3 Å². The lowest BCUT2D eigenvalue weighted by molar-refractivity contribution is 0.517. The number of hydrogen-bond acceptors (Lipinski definition) is 6. The number of aromatic nitrogens is 4. The van der Waals surface area contributed by atoms with Crippen molar-refractivity contribution in [3.8, 4) is 6.07 Å². The fourth-order valence-corrected chi connectivity index (χ4v) is 1.67. The summed E-state index contributed by atoms with van der Waals surface area (Å²) in [7, 11) is 0. The maximum absolute atomic E-state index is 8.68. The Hall–Kier alpha value is -1.13. The predicted molar refractivity (Wildman–Crippen MR) is 57.3 cm³/mol. The molecule has 0 spiro atoms. The van der Waals surface area contributed by atoms with E-state index in [1.54, 1.807) is 4.68 Å². The molecule has 0 saturated heterocycles. The molecule has 1 N–H and O–H groups in total. The second-order valence-electron chi connectivity index (χ2n) is 2.93. The van der Waals surface area contributed by atoms with E-state index in [0.717, 1.165) is 19.6 Å². The standard InChI is InChI=1S/C8H14N6S/c1-3-10-4-5-14-8(11-12-13-14)15-7(2)6-9/h7,10H,3-5H2,1-2H3. The number of rotatable bonds is 6. The number of tetrazole rings is 1. The van der Waals surface area contributed by atoms with Gasteiger partial charge in [-0.05, 0) is 23.9 Å². The van der Waals surface area contributed by atoms with Gasteiger partial charge in [0.25, 0.3) is 0 Å². The van der Waals surface area contributed by atoms with E-state index in [2.05, 4.69) is 26.9 Å². The molecule has 0 amide bonds. The highest BCUT2D eigenvalue weighted by atomic mass is 32.2. The molecular formula is C8H14N6S. The zero-order chi connectivity index (χ0) is 11.1. The third-order valence-electron chi connectivity index (χ3n) is 1.71. The van der Waals surface area contributed by atoms with Crippen LogP contribution >= 0.6 is 11.8 Å². The molecule has 1 aromatic heterocycles. The molecule has 7 heteroatoms. The van der Waals surface area contributed by atoms with Crippen molar-refractivity contribution in [1.82, 2.24) is 25.5 Å². The van der Waals surface area contributed by atoms with Gasteiger partial charge in [0.05, 0.1) is 17.9 Å². The quantitative estimate of drug-likeness (QED) is 0.554. The van der Waals surface area contributed by atoms with E-state index in [1.807, 2.05) is 13.8 Å². The van der Waals surface area contributed by atoms with E-state index in [9.17, 15) is 0 Å². The van der Waals surface area contributed by atoms with Crippen LogP contribution < -0.4 is 5.32 Å². The number of nitrogens with zero attached hydrogens (tertiary/aromatic N) is 5. The average Bonchev–Trinajstić information content (AvgIpc) is 2.66. The van der Waals surface area contributed by atoms with Crippen LogP contribution in [0.2, 0.25) is 0 Å². The number of likely N-dealkylation sites (N-methyl/N-ethyl adjacent to an activating group) is 1. The smallest absolute Gasteiger partial charge is 0.210 e. The van der Waals surface area contributed by atoms with Crippen molar-refractivity contribution in [2.45, 2.75) is 30.8 Å². The van der Waals surface area contributed by atoms with Gasteiger partial charge in [-0.15, -0.1) is 5.10 Å². The van der Waals surface area contributed by atoms with Crippen molar-refractivity contribution in [3.63, 3.8) is 0 Å². The molecule has 1 atom stereocenters. The van der Waals surface area contributed by atoms with Crippen molar-refractivity contribution in [3.05, 3.63) is 0 Å². The fourth-order valence-electron chi connectivity index (χ4n) is 0.967. The number of nitrogens with one attached hydrogen (secondary N) is 1. The molecule has 0 aromatic carbocycles. The van der Waals surface area contributed by atoms with Crippen molar-refractivity contribution in [1.29, 1.82) is 5.26 Å². The minimum Gasteiger partial charge on any atom is -0.315 e. The maximum Gasteiger partial charge on any atom is 0.210 e. The van der Waals surface area contributed by atoms with Gasteiger partial charge in [0.2, 0.25) is 5.16 Å². The first-order valence-electron chi connectivity index (χ1n) is 4.81. The highest BCUT2D eigenvalue weighted by molar-refractivity contribution is 8.00. The summed E-state index contributed by atoms with van der Waals surface area (Å²) >= 11 is 1.37. The number of thioether (sulfide) groups is 1. The van der Waals surface area contributed by atoms with Gasteiger partial charge < -0.3 is 5.32 Å². The molecule has 0 saturated carbocycles. The molecule has 1 heterocycles. The van der Waals surface area contributed by atoms with Gasteiger partial charge in [-0.2, -0.15) is 5.26 Å². The summed E-state index contributed by atoms with van der Waals surface area (Å²) < 4.78 is 1.71. The van der Waals surface area contributed by atoms with E-state index < -0.39 is 0 Å². The summed E-state index contributed by atoms with van der Waals surface area (Å²) in [5.74, 6) is 0. The molecule has 0 radical (unpaired) electrons. The van der Waals surface area contributed by atoms with Gasteiger partial charge in [-0.3, -0.25) is 0 Å². The van der Waals surface area contributed by atoms with Gasteiger partial charge >= 0.3 is 0 Å². The summed E-state index contributed by atoms with van der Waals surface area (Å²) in [6.07, 6.45) is 0. The van der Waals surface area contributed by atoms with Crippen LogP contribution in [0.1, 0.15) is 13.8 Å². The highest BCUT2D eigenvalue weighted by Gasteiger charge is 2.10. The van der Waals surface area contributed by atoms with E-state index in [-0.39, 0.29) is 5.25 Å². The van der Waals surface area contributed by atoms with Crippen LogP contribution in [-0.4, -0.2) is 38.5 Å². The summed E-state index contributed by atoms with van der Waals surface area (Å²) in [5, 5.41) is 23.8. The molecule has 1 unspecified atom stereocenters. The normalized spacial score (nSPS) is 12.3. The van der Waals surface area contributed by atoms with Crippen LogP contribution in [0.15, 0.2) is 5.16 Å². The Balaban J connectivity index is 2.50. The fraction of sp³-hybridized carbons (Fsp3) is 0.750. The Kier molecular flexibility index (Phi) is 5.07. The Bertz CT molecular complexity index is 330. The topological polar surface area (TPSA) is 79.4 Å². The maximum atomic E-state index is 8.68. The average molecular weight is 226 g/mol. The van der Waals surface area contributed by atoms with Gasteiger partial charge in [-0.1, -0.05) is 18.7 Å². The third-order valence-corrected chi connectivity index (χ3v) is 2.68. The SMILES string of the molecule is CCNCCn1nnnc1SC(C)C#N. The predicted octanol–water partition coefficient (Wildman–Crippen LogP) is 0.287. The second kappa shape index (κ2) is 6.37. The van der Waals surface area contributed by atoms with Crippen LogP contribution in [0.25, 0.3) is 0 Å². The molecular weight excluding hydrogens is 212 g/mol. The van der Waals surface area contributed by atoms with Gasteiger partial charge in [0.15, 0.2) is 0 Å². The molecule has 6 nitrogen and oxygen atoms in total. The second-order valence-corrected chi connectivity index (χ2v) is 4.24. The molecule has 0 bridgehead atoms. The lowest BCUT2D eigenvalue weighted by atomic mass is 10.5. The van der Waals surface area contributed by atoms with Crippen LogP contribution in [0.4, 0.5) is 0 Å². The minimum atomic E-state index is -0.131. The van der Waals surface area contributed by atoms with Crippen LogP contribution in [-0.2, 0) is 6.54 Å². The lowest BCUT2D eigenvalue weighted by Gasteiger charge is -2.04. The van der Waals surface area contributed by atoms with Crippen molar-refractivity contribution >= 4 is 11.8 Å². The van der Waals surface area contributed by atoms with Gasteiger partial charge in [-0.25, -0.2) is 4.68 Å². The highest BCUT2D eigenvalue weighted by Crippen LogP contribution is 2.18. The number of hydrogen-bond donors (Lipinski definition) is 1. The summed E-state index contributed by atoms with van der Waals surface area (Å²) in [6.45, 7) is 6.36. The molecule has 0 aliphatic carbocycles. The van der Waals surface area contributed by atoms with E-state index in [0.29, 0.717) is 5.16 Å². The van der Waals surface area contributed by atoms with E-state index in [1.165, 1.54) is 11.8 Å². The molecule has 0 aliphatic rings. The molecule has 0 aliphatic heterocycles. The zero-order valence-electron chi connectivity index (χ0n) is 8.84. The Morgan fingerprint density at radius 3 is 3.13 bits per heavy atom. The van der Waals surface area contributed by atoms with Crippen LogP contribution in [0.5, 0.6) is 0 Å². The summed E-state index contributed by atoms with van der Waals surface area (Å²) in [5.41, 5.74) is 0. The first-order chi connectivity index (χ1) is 7.27. The van der Waals surface area contributed by atoms with Gasteiger partial charge in [0.1, 0.15) is 0 Å². The minimum absolute atomic E-state index is 0.131. The Morgan fingerprint density at radius 1 is 1.67 bits per heavy atom. The largest absolute Gasteiger partial charge is 0.315 e. The van der Waals surface area contributed by atoms with Crippen molar-refractivity contribution in [2.75, 3.05) is 13.1 Å². The lowest BCUT2D eigenvalue weighted by Crippen LogP contribution is -2.20. The van der Waals surface area contributed by atoms with Gasteiger partial charge in [0, 0.05) is 6.54 Å². The molecule has 82 valence electrons. The van der Waals surface area contributed by atoms with Crippen molar-refractivity contribution < 1.29 is 0 Å². The van der Waals surface area contributed by atoms with Crippen LogP contribution in [0.3, 0.4) is 0 Å². The monoisotopic (exact) mass is 226 g/mol. The Labute approximate surface area is 93.0 Å². The first kappa shape index (κ1) is 11.9. The van der Waals surface area contributed by atoms with E-state index >= 15 is 0 Å².